The number of aryl methyl sites for hydroxylation is 2. The minimum Gasteiger partial charge on any atom is -0.326 e. The largest absolute Gasteiger partial charge is 0.326 e. The molecule has 3 aromatic rings. The molecule has 1 aromatic heterocycles. The smallest absolute Gasteiger partial charge is 0.255 e. The normalized spacial score (nSPS) is 10.4. The number of hydrogen-bond acceptors (Lipinski definition) is 5. The topological polar surface area (TPSA) is 84.0 Å². The summed E-state index contributed by atoms with van der Waals surface area (Å²) in [6.45, 7) is 5.33. The summed E-state index contributed by atoms with van der Waals surface area (Å²) < 4.78 is 0. The summed E-state index contributed by atoms with van der Waals surface area (Å²) in [4.78, 5) is 33.3. The van der Waals surface area contributed by atoms with Gasteiger partial charge in [-0.05, 0) is 80.2 Å². The molecule has 142 valence electrons. The molecular weight excluding hydrogens is 372 g/mol. The van der Waals surface area contributed by atoms with Crippen molar-refractivity contribution < 1.29 is 9.59 Å². The summed E-state index contributed by atoms with van der Waals surface area (Å²) in [5.41, 5.74) is 3.73. The summed E-state index contributed by atoms with van der Waals surface area (Å²) in [5, 5.41) is 6.23. The molecule has 0 unspecified atom stereocenters. The first-order valence-electron chi connectivity index (χ1n) is 8.68. The summed E-state index contributed by atoms with van der Waals surface area (Å²) >= 11 is 1.48. The van der Waals surface area contributed by atoms with Crippen LogP contribution in [0.4, 0.5) is 11.4 Å². The SMILES string of the molecule is CC(=O)Nc1ccc(C(=O)Nc2ccc(Sc3nc(C)cc(C)n3)cc2)cc1. The summed E-state index contributed by atoms with van der Waals surface area (Å²) in [6.07, 6.45) is 0. The molecule has 0 radical (unpaired) electrons. The third kappa shape index (κ3) is 5.40. The van der Waals surface area contributed by atoms with Crippen LogP contribution in [0.15, 0.2) is 64.6 Å². The van der Waals surface area contributed by atoms with E-state index < -0.39 is 0 Å². The molecule has 3 rings (SSSR count). The Morgan fingerprint density at radius 3 is 1.93 bits per heavy atom. The van der Waals surface area contributed by atoms with Gasteiger partial charge in [0.2, 0.25) is 5.91 Å². The highest BCUT2D eigenvalue weighted by Gasteiger charge is 2.08. The maximum Gasteiger partial charge on any atom is 0.255 e. The molecule has 0 fully saturated rings. The fraction of sp³-hybridized carbons (Fsp3) is 0.143. The first kappa shape index (κ1) is 19.6. The van der Waals surface area contributed by atoms with Crippen molar-refractivity contribution in [3.05, 3.63) is 71.5 Å². The van der Waals surface area contributed by atoms with Crippen LogP contribution in [0.1, 0.15) is 28.7 Å². The van der Waals surface area contributed by atoms with Crippen LogP contribution in [0.3, 0.4) is 0 Å². The lowest BCUT2D eigenvalue weighted by Crippen LogP contribution is -2.12. The number of carbonyl (C=O) groups is 2. The van der Waals surface area contributed by atoms with Gasteiger partial charge in [-0.1, -0.05) is 0 Å². The van der Waals surface area contributed by atoms with E-state index in [1.807, 2.05) is 44.2 Å². The van der Waals surface area contributed by atoms with Gasteiger partial charge in [-0.2, -0.15) is 0 Å². The van der Waals surface area contributed by atoms with Crippen molar-refractivity contribution in [2.75, 3.05) is 10.6 Å². The monoisotopic (exact) mass is 392 g/mol. The average Bonchev–Trinajstić information content (AvgIpc) is 2.62. The Balaban J connectivity index is 1.63. The lowest BCUT2D eigenvalue weighted by atomic mass is 10.2. The van der Waals surface area contributed by atoms with Gasteiger partial charge in [0.05, 0.1) is 0 Å². The van der Waals surface area contributed by atoms with Crippen LogP contribution in [0.5, 0.6) is 0 Å². The van der Waals surface area contributed by atoms with Crippen LogP contribution in [-0.4, -0.2) is 21.8 Å². The Kier molecular flexibility index (Phi) is 6.06. The Bertz CT molecular complexity index is 982. The van der Waals surface area contributed by atoms with Gasteiger partial charge in [0.15, 0.2) is 5.16 Å². The van der Waals surface area contributed by atoms with E-state index in [0.29, 0.717) is 22.1 Å². The number of amides is 2. The van der Waals surface area contributed by atoms with Gasteiger partial charge < -0.3 is 10.6 Å². The summed E-state index contributed by atoms with van der Waals surface area (Å²) in [6, 6.07) is 16.2. The van der Waals surface area contributed by atoms with Gasteiger partial charge in [-0.15, -0.1) is 0 Å². The molecule has 2 N–H and O–H groups in total. The first-order valence-corrected chi connectivity index (χ1v) is 9.50. The fourth-order valence-electron chi connectivity index (χ4n) is 2.56. The predicted molar refractivity (Wildman–Crippen MR) is 111 cm³/mol. The second-order valence-corrected chi connectivity index (χ2v) is 7.31. The number of benzene rings is 2. The molecule has 28 heavy (non-hydrogen) atoms. The first-order chi connectivity index (χ1) is 13.4. The van der Waals surface area contributed by atoms with Gasteiger partial charge in [0.25, 0.3) is 5.91 Å². The second kappa shape index (κ2) is 8.67. The second-order valence-electron chi connectivity index (χ2n) is 6.27. The Hall–Kier alpha value is -3.19. The number of nitrogens with one attached hydrogen (secondary N) is 2. The molecule has 0 atom stereocenters. The van der Waals surface area contributed by atoms with E-state index in [9.17, 15) is 9.59 Å². The number of carbonyl (C=O) groups excluding carboxylic acids is 2. The van der Waals surface area contributed by atoms with Crippen LogP contribution in [0.25, 0.3) is 0 Å². The Labute approximate surface area is 167 Å². The number of hydrogen-bond donors (Lipinski definition) is 2. The molecule has 0 aliphatic rings. The lowest BCUT2D eigenvalue weighted by Gasteiger charge is -2.08. The quantitative estimate of drug-likeness (QED) is 0.627. The van der Waals surface area contributed by atoms with Crippen molar-refractivity contribution >= 4 is 35.0 Å². The summed E-state index contributed by atoms with van der Waals surface area (Å²) in [5.74, 6) is -0.367. The third-order valence-electron chi connectivity index (χ3n) is 3.75. The molecule has 1 heterocycles. The van der Waals surface area contributed by atoms with Crippen LogP contribution in [-0.2, 0) is 4.79 Å². The van der Waals surface area contributed by atoms with E-state index in [2.05, 4.69) is 20.6 Å². The van der Waals surface area contributed by atoms with Gasteiger partial charge in [0.1, 0.15) is 0 Å². The highest BCUT2D eigenvalue weighted by Crippen LogP contribution is 2.26. The zero-order chi connectivity index (χ0) is 20.1. The Morgan fingerprint density at radius 1 is 0.821 bits per heavy atom. The van der Waals surface area contributed by atoms with Crippen molar-refractivity contribution in [3.63, 3.8) is 0 Å². The number of nitrogens with zero attached hydrogens (tertiary/aromatic N) is 2. The highest BCUT2D eigenvalue weighted by molar-refractivity contribution is 7.99. The number of rotatable bonds is 5. The van der Waals surface area contributed by atoms with Crippen LogP contribution in [0, 0.1) is 13.8 Å². The van der Waals surface area contributed by atoms with E-state index in [0.717, 1.165) is 16.3 Å². The maximum atomic E-state index is 12.4. The molecule has 2 aromatic carbocycles. The van der Waals surface area contributed by atoms with Crippen molar-refractivity contribution in [3.8, 4) is 0 Å². The van der Waals surface area contributed by atoms with Crippen molar-refractivity contribution in [1.29, 1.82) is 0 Å². The molecule has 0 saturated heterocycles. The lowest BCUT2D eigenvalue weighted by molar-refractivity contribution is -0.114. The van der Waals surface area contributed by atoms with Crippen LogP contribution >= 0.6 is 11.8 Å². The summed E-state index contributed by atoms with van der Waals surface area (Å²) in [7, 11) is 0. The van der Waals surface area contributed by atoms with Crippen molar-refractivity contribution in [2.45, 2.75) is 30.8 Å². The van der Waals surface area contributed by atoms with Gasteiger partial charge in [0, 0.05) is 40.1 Å². The highest BCUT2D eigenvalue weighted by atomic mass is 32.2. The van der Waals surface area contributed by atoms with Gasteiger partial charge in [-0.3, -0.25) is 9.59 Å². The zero-order valence-electron chi connectivity index (χ0n) is 15.8. The molecule has 0 saturated carbocycles. The number of anilines is 2. The minimum atomic E-state index is -0.215. The molecule has 0 aliphatic heterocycles. The molecule has 0 spiro atoms. The average molecular weight is 392 g/mol. The Morgan fingerprint density at radius 2 is 1.36 bits per heavy atom. The van der Waals surface area contributed by atoms with E-state index in [-0.39, 0.29) is 11.8 Å². The maximum absolute atomic E-state index is 12.4. The molecule has 0 bridgehead atoms. The van der Waals surface area contributed by atoms with Crippen LogP contribution in [0.2, 0.25) is 0 Å². The van der Waals surface area contributed by atoms with Gasteiger partial charge >= 0.3 is 0 Å². The molecule has 7 heteroatoms. The molecule has 2 amide bonds. The van der Waals surface area contributed by atoms with E-state index in [4.69, 9.17) is 0 Å². The predicted octanol–water partition coefficient (Wildman–Crippen LogP) is 4.46. The van der Waals surface area contributed by atoms with Crippen LogP contribution < -0.4 is 10.6 Å². The van der Waals surface area contributed by atoms with E-state index >= 15 is 0 Å². The molecule has 6 nitrogen and oxygen atoms in total. The molecular formula is C21H20N4O2S. The van der Waals surface area contributed by atoms with E-state index in [1.54, 1.807) is 24.3 Å². The fourth-order valence-corrected chi connectivity index (χ4v) is 3.42. The molecule has 0 aliphatic carbocycles. The van der Waals surface area contributed by atoms with Crippen molar-refractivity contribution in [2.24, 2.45) is 0 Å². The van der Waals surface area contributed by atoms with Gasteiger partial charge in [-0.25, -0.2) is 9.97 Å². The van der Waals surface area contributed by atoms with Crippen molar-refractivity contribution in [1.82, 2.24) is 9.97 Å². The standard InChI is InChI=1S/C21H20N4O2S/c1-13-12-14(2)23-21(22-13)28-19-10-8-18(9-11-19)25-20(27)16-4-6-17(7-5-16)24-15(3)26/h4-12H,1-3H3,(H,24,26)(H,25,27). The number of aromatic nitrogens is 2. The van der Waals surface area contributed by atoms with E-state index in [1.165, 1.54) is 18.7 Å². The third-order valence-corrected chi connectivity index (χ3v) is 4.62. The minimum absolute atomic E-state index is 0.151. The zero-order valence-corrected chi connectivity index (χ0v) is 16.6.